The Hall–Kier alpha value is -2.44. The number of aliphatic hydroxyl groups is 1. The van der Waals surface area contributed by atoms with Crippen LogP contribution in [-0.2, 0) is 18.7 Å². The van der Waals surface area contributed by atoms with Crippen molar-refractivity contribution in [3.63, 3.8) is 0 Å². The lowest BCUT2D eigenvalue weighted by Crippen LogP contribution is -2.35. The molecule has 5 rings (SSSR count). The van der Waals surface area contributed by atoms with Gasteiger partial charge in [0.05, 0.1) is 21.7 Å². The highest BCUT2D eigenvalue weighted by Gasteiger charge is 2.44. The van der Waals surface area contributed by atoms with E-state index >= 15 is 0 Å². The SMILES string of the molecule is CC(C)[Si+](C(C)C)n1ccc2c(C(C)(O)C3CC[C@H](N(Cc4ccccc4)Cc4ccccc4)C3)c(Cl)cnc21. The minimum atomic E-state index is -1.05. The van der Waals surface area contributed by atoms with Gasteiger partial charge in [-0.05, 0) is 77.0 Å². The van der Waals surface area contributed by atoms with Crippen molar-refractivity contribution in [3.8, 4) is 0 Å². The van der Waals surface area contributed by atoms with E-state index in [-0.39, 0.29) is 5.92 Å². The summed E-state index contributed by atoms with van der Waals surface area (Å²) in [7, 11) is -0.887. The third kappa shape index (κ3) is 5.94. The molecule has 0 radical (unpaired) electrons. The van der Waals surface area contributed by atoms with Crippen molar-refractivity contribution in [3.05, 3.63) is 101 Å². The van der Waals surface area contributed by atoms with E-state index in [4.69, 9.17) is 16.6 Å². The molecule has 2 aromatic heterocycles. The van der Waals surface area contributed by atoms with Crippen LogP contribution in [0, 0.1) is 5.92 Å². The Morgan fingerprint density at radius 3 is 2.08 bits per heavy atom. The number of fused-ring (bicyclic) bond motifs is 1. The maximum absolute atomic E-state index is 12.3. The van der Waals surface area contributed by atoms with Gasteiger partial charge in [-0.2, -0.15) is 4.23 Å². The second-order valence-corrected chi connectivity index (χ2v) is 16.4. The number of aromatic nitrogens is 2. The molecule has 2 unspecified atom stereocenters. The molecule has 1 fully saturated rings. The van der Waals surface area contributed by atoms with Crippen molar-refractivity contribution in [2.75, 3.05) is 0 Å². The summed E-state index contributed by atoms with van der Waals surface area (Å²) in [6.45, 7) is 13.0. The van der Waals surface area contributed by atoms with Gasteiger partial charge in [0.25, 0.3) is 0 Å². The van der Waals surface area contributed by atoms with E-state index in [0.717, 1.165) is 48.9 Å². The number of pyridine rings is 1. The maximum atomic E-state index is 12.3. The Morgan fingerprint density at radius 2 is 1.52 bits per heavy atom. The van der Waals surface area contributed by atoms with Crippen LogP contribution < -0.4 is 0 Å². The molecule has 6 heteroatoms. The average Bonchev–Trinajstić information content (AvgIpc) is 3.58. The normalized spacial score (nSPS) is 19.1. The molecule has 210 valence electrons. The fourth-order valence-corrected chi connectivity index (χ4v) is 10.4. The Bertz CT molecular complexity index is 1350. The van der Waals surface area contributed by atoms with Gasteiger partial charge in [-0.3, -0.25) is 4.90 Å². The molecule has 0 spiro atoms. The van der Waals surface area contributed by atoms with E-state index in [1.165, 1.54) is 11.1 Å². The standard InChI is InChI=1S/C34H43ClN3OSi/c1-24(2)40(25(3)4)38-19-18-30-32(31(35)21-36-33(30)38)34(5,39)28-16-17-29(20-28)37(22-26-12-8-6-9-13-26)23-27-14-10-7-11-15-27/h6-15,18-19,21,24-25,28-29,39H,16-17,20,22-23H2,1-5H3/q+1/t28?,29-,34?/m0/s1. The lowest BCUT2D eigenvalue weighted by Gasteiger charge is -2.34. The Balaban J connectivity index is 1.44. The third-order valence-corrected chi connectivity index (χ3v) is 12.4. The summed E-state index contributed by atoms with van der Waals surface area (Å²) < 4.78 is 2.39. The largest absolute Gasteiger partial charge is 0.443 e. The van der Waals surface area contributed by atoms with Gasteiger partial charge in [0.15, 0.2) is 5.65 Å². The maximum Gasteiger partial charge on any atom is 0.443 e. The fraction of sp³-hybridized carbons (Fsp3) is 0.441. The van der Waals surface area contributed by atoms with E-state index in [0.29, 0.717) is 22.1 Å². The summed E-state index contributed by atoms with van der Waals surface area (Å²) in [6, 6.07) is 24.0. The molecule has 1 N–H and O–H groups in total. The van der Waals surface area contributed by atoms with E-state index in [9.17, 15) is 5.11 Å². The van der Waals surface area contributed by atoms with Gasteiger partial charge in [0.1, 0.15) is 0 Å². The molecule has 40 heavy (non-hydrogen) atoms. The van der Waals surface area contributed by atoms with Crippen molar-refractivity contribution >= 4 is 31.6 Å². The van der Waals surface area contributed by atoms with Crippen LogP contribution in [0.2, 0.25) is 16.1 Å². The van der Waals surface area contributed by atoms with E-state index in [2.05, 4.69) is 110 Å². The van der Waals surface area contributed by atoms with Crippen LogP contribution in [0.15, 0.2) is 79.1 Å². The smallest absolute Gasteiger partial charge is 0.385 e. The molecule has 0 saturated heterocycles. The van der Waals surface area contributed by atoms with Gasteiger partial charge >= 0.3 is 8.96 Å². The van der Waals surface area contributed by atoms with Crippen molar-refractivity contribution in [2.24, 2.45) is 5.92 Å². The van der Waals surface area contributed by atoms with Gasteiger partial charge in [0.2, 0.25) is 0 Å². The van der Waals surface area contributed by atoms with E-state index in [1.54, 1.807) is 6.20 Å². The van der Waals surface area contributed by atoms with Gasteiger partial charge in [0, 0.05) is 42.5 Å². The lowest BCUT2D eigenvalue weighted by molar-refractivity contribution is -0.00563. The molecule has 1 saturated carbocycles. The van der Waals surface area contributed by atoms with Crippen LogP contribution in [0.1, 0.15) is 70.6 Å². The zero-order chi connectivity index (χ0) is 28.4. The number of rotatable bonds is 10. The first-order valence-electron chi connectivity index (χ1n) is 14.7. The lowest BCUT2D eigenvalue weighted by atomic mass is 9.80. The zero-order valence-corrected chi connectivity index (χ0v) is 26.3. The van der Waals surface area contributed by atoms with Crippen LogP contribution in [0.3, 0.4) is 0 Å². The van der Waals surface area contributed by atoms with Crippen LogP contribution >= 0.6 is 11.6 Å². The van der Waals surface area contributed by atoms with E-state index in [1.807, 2.05) is 6.92 Å². The molecule has 1 aliphatic rings. The first kappa shape index (κ1) is 29.1. The second-order valence-electron chi connectivity index (χ2n) is 12.3. The Morgan fingerprint density at radius 1 is 0.950 bits per heavy atom. The quantitative estimate of drug-likeness (QED) is 0.194. The zero-order valence-electron chi connectivity index (χ0n) is 24.5. The fourth-order valence-electron chi connectivity index (χ4n) is 6.96. The minimum Gasteiger partial charge on any atom is -0.385 e. The topological polar surface area (TPSA) is 41.3 Å². The number of hydrogen-bond donors (Lipinski definition) is 1. The average molecular weight is 573 g/mol. The van der Waals surface area contributed by atoms with Gasteiger partial charge < -0.3 is 5.11 Å². The van der Waals surface area contributed by atoms with Crippen LogP contribution in [0.5, 0.6) is 0 Å². The predicted octanol–water partition coefficient (Wildman–Crippen LogP) is 8.43. The Kier molecular flexibility index (Phi) is 8.86. The highest BCUT2D eigenvalue weighted by Crippen LogP contribution is 2.46. The summed E-state index contributed by atoms with van der Waals surface area (Å²) in [5.74, 6) is 0.109. The summed E-state index contributed by atoms with van der Waals surface area (Å²) >= 11 is 6.86. The monoisotopic (exact) mass is 572 g/mol. The number of halogens is 1. The molecular weight excluding hydrogens is 530 g/mol. The van der Waals surface area contributed by atoms with Crippen molar-refractivity contribution in [2.45, 2.75) is 89.7 Å². The van der Waals surface area contributed by atoms with Crippen LogP contribution in [0.4, 0.5) is 0 Å². The summed E-state index contributed by atoms with van der Waals surface area (Å²) in [6.07, 6.45) is 6.89. The first-order valence-corrected chi connectivity index (χ1v) is 16.7. The molecular formula is C34H43ClN3OSi+. The molecule has 1 aliphatic carbocycles. The molecule has 0 bridgehead atoms. The molecule has 2 heterocycles. The summed E-state index contributed by atoms with van der Waals surface area (Å²) in [5.41, 5.74) is 4.53. The first-order chi connectivity index (χ1) is 19.2. The van der Waals surface area contributed by atoms with Crippen molar-refractivity contribution in [1.29, 1.82) is 0 Å². The molecule has 0 amide bonds. The van der Waals surface area contributed by atoms with E-state index < -0.39 is 14.6 Å². The molecule has 0 aliphatic heterocycles. The van der Waals surface area contributed by atoms with Gasteiger partial charge in [-0.15, -0.1) is 0 Å². The number of nitrogens with zero attached hydrogens (tertiary/aromatic N) is 3. The highest BCUT2D eigenvalue weighted by molar-refractivity contribution is 6.61. The predicted molar refractivity (Wildman–Crippen MR) is 169 cm³/mol. The number of hydrogen-bond acceptors (Lipinski definition) is 3. The van der Waals surface area contributed by atoms with Gasteiger partial charge in [-0.1, -0.05) is 72.3 Å². The number of benzene rings is 2. The van der Waals surface area contributed by atoms with Crippen LogP contribution in [0.25, 0.3) is 11.0 Å². The summed E-state index contributed by atoms with van der Waals surface area (Å²) in [4.78, 5) is 7.40. The molecule has 3 atom stereocenters. The van der Waals surface area contributed by atoms with Crippen LogP contribution in [-0.4, -0.2) is 34.2 Å². The van der Waals surface area contributed by atoms with Crippen molar-refractivity contribution in [1.82, 2.24) is 14.1 Å². The minimum absolute atomic E-state index is 0.109. The highest BCUT2D eigenvalue weighted by atomic mass is 35.5. The second kappa shape index (κ2) is 12.2. The third-order valence-electron chi connectivity index (χ3n) is 8.81. The van der Waals surface area contributed by atoms with Crippen molar-refractivity contribution < 1.29 is 5.11 Å². The molecule has 4 aromatic rings. The van der Waals surface area contributed by atoms with Gasteiger partial charge in [-0.25, -0.2) is 4.98 Å². The Labute approximate surface area is 246 Å². The molecule has 2 aromatic carbocycles. The summed E-state index contributed by atoms with van der Waals surface area (Å²) in [5, 5.41) is 13.8. The molecule has 4 nitrogen and oxygen atoms in total.